The molecule has 0 saturated heterocycles. The molecule has 0 aliphatic carbocycles. The van der Waals surface area contributed by atoms with Crippen molar-refractivity contribution in [3.8, 4) is 5.75 Å². The average Bonchev–Trinajstić information content (AvgIpc) is 1.98. The zero-order chi connectivity index (χ0) is 9.14. The maximum Gasteiger partial charge on any atom is 0.707 e. The Morgan fingerprint density at radius 3 is 2.50 bits per heavy atom. The second-order valence-electron chi connectivity index (χ2n) is 2.00. The highest BCUT2D eigenvalue weighted by atomic mass is 35.5. The Balaban J connectivity index is 2.92. The lowest BCUT2D eigenvalue weighted by molar-refractivity contribution is 0.288. The smallest absolute Gasteiger partial charge is 0.511 e. The van der Waals surface area contributed by atoms with E-state index in [-0.39, 0.29) is 10.8 Å². The van der Waals surface area contributed by atoms with Crippen molar-refractivity contribution in [1.29, 1.82) is 0 Å². The Morgan fingerprint density at radius 2 is 1.92 bits per heavy atom. The molecular formula is C6H5BCl2O3. The highest BCUT2D eigenvalue weighted by Gasteiger charge is 2.14. The van der Waals surface area contributed by atoms with E-state index in [0.29, 0.717) is 5.02 Å². The molecular weight excluding hydrogens is 202 g/mol. The van der Waals surface area contributed by atoms with Crippen molar-refractivity contribution in [3.05, 3.63) is 28.2 Å². The summed E-state index contributed by atoms with van der Waals surface area (Å²) in [5.74, 6) is 0.138. The largest absolute Gasteiger partial charge is 0.707 e. The van der Waals surface area contributed by atoms with Gasteiger partial charge in [0.2, 0.25) is 0 Å². The number of benzene rings is 1. The summed E-state index contributed by atoms with van der Waals surface area (Å²) in [5, 5.41) is 17.4. The molecule has 2 N–H and O–H groups in total. The van der Waals surface area contributed by atoms with Crippen LogP contribution in [0.3, 0.4) is 0 Å². The molecule has 0 radical (unpaired) electrons. The summed E-state index contributed by atoms with van der Waals surface area (Å²) in [6.45, 7) is 0. The van der Waals surface area contributed by atoms with Crippen LogP contribution < -0.4 is 4.65 Å². The van der Waals surface area contributed by atoms with Gasteiger partial charge in [-0.05, 0) is 12.1 Å². The fourth-order valence-corrected chi connectivity index (χ4v) is 1.02. The summed E-state index contributed by atoms with van der Waals surface area (Å²) in [4.78, 5) is 0. The van der Waals surface area contributed by atoms with Gasteiger partial charge in [0.25, 0.3) is 0 Å². The molecule has 1 aromatic carbocycles. The molecule has 6 heteroatoms. The molecule has 3 nitrogen and oxygen atoms in total. The van der Waals surface area contributed by atoms with E-state index in [4.69, 9.17) is 33.2 Å². The molecule has 0 amide bonds. The van der Waals surface area contributed by atoms with Gasteiger partial charge in [-0.3, -0.25) is 0 Å². The van der Waals surface area contributed by atoms with Crippen LogP contribution in [0.1, 0.15) is 0 Å². The van der Waals surface area contributed by atoms with E-state index in [1.165, 1.54) is 6.07 Å². The molecule has 0 atom stereocenters. The summed E-state index contributed by atoms with van der Waals surface area (Å²) in [6, 6.07) is 4.64. The fraction of sp³-hybridized carbons (Fsp3) is 0. The Bertz CT molecular complexity index is 279. The molecule has 0 heterocycles. The van der Waals surface area contributed by atoms with E-state index in [1.807, 2.05) is 0 Å². The lowest BCUT2D eigenvalue weighted by Gasteiger charge is -2.06. The van der Waals surface area contributed by atoms with Gasteiger partial charge in [-0.2, -0.15) is 0 Å². The monoisotopic (exact) mass is 206 g/mol. The van der Waals surface area contributed by atoms with Crippen molar-refractivity contribution < 1.29 is 14.7 Å². The molecule has 12 heavy (non-hydrogen) atoms. The molecule has 0 bridgehead atoms. The third kappa shape index (κ3) is 2.28. The molecule has 0 aromatic heterocycles. The Labute approximate surface area is 79.7 Å². The van der Waals surface area contributed by atoms with E-state index in [0.717, 1.165) is 0 Å². The predicted octanol–water partition coefficient (Wildman–Crippen LogP) is 1.34. The van der Waals surface area contributed by atoms with Crippen LogP contribution in [0.15, 0.2) is 18.2 Å². The molecule has 0 fully saturated rings. The van der Waals surface area contributed by atoms with Crippen LogP contribution in [0.5, 0.6) is 5.75 Å². The van der Waals surface area contributed by atoms with Crippen molar-refractivity contribution in [2.24, 2.45) is 0 Å². The Hall–Kier alpha value is -0.415. The molecule has 0 spiro atoms. The first-order valence-corrected chi connectivity index (χ1v) is 3.83. The van der Waals surface area contributed by atoms with Crippen molar-refractivity contribution in [1.82, 2.24) is 0 Å². The number of rotatable bonds is 2. The van der Waals surface area contributed by atoms with Gasteiger partial charge in [-0.25, -0.2) is 0 Å². The second-order valence-corrected chi connectivity index (χ2v) is 2.78. The zero-order valence-corrected chi connectivity index (χ0v) is 7.38. The van der Waals surface area contributed by atoms with Crippen LogP contribution in [-0.4, -0.2) is 17.4 Å². The lowest BCUT2D eigenvalue weighted by Crippen LogP contribution is -2.20. The second kappa shape index (κ2) is 4.00. The highest BCUT2D eigenvalue weighted by Crippen LogP contribution is 2.31. The minimum Gasteiger partial charge on any atom is -0.511 e. The Morgan fingerprint density at radius 1 is 1.25 bits per heavy atom. The van der Waals surface area contributed by atoms with Crippen molar-refractivity contribution in [3.63, 3.8) is 0 Å². The van der Waals surface area contributed by atoms with Crippen LogP contribution in [0, 0.1) is 0 Å². The molecule has 1 rings (SSSR count). The van der Waals surface area contributed by atoms with E-state index in [2.05, 4.69) is 4.65 Å². The highest BCUT2D eigenvalue weighted by molar-refractivity contribution is 6.43. The summed E-state index contributed by atoms with van der Waals surface area (Å²) in [5.41, 5.74) is 0. The van der Waals surface area contributed by atoms with Crippen LogP contribution in [0.4, 0.5) is 0 Å². The maximum atomic E-state index is 8.45. The maximum absolute atomic E-state index is 8.45. The van der Waals surface area contributed by atoms with Crippen LogP contribution in [0.2, 0.25) is 10.0 Å². The minimum atomic E-state index is -1.89. The first-order chi connectivity index (χ1) is 5.61. The number of hydrogen-bond donors (Lipinski definition) is 2. The van der Waals surface area contributed by atoms with Crippen molar-refractivity contribution >= 4 is 30.5 Å². The SMILES string of the molecule is OB(O)Oc1cccc(Cl)c1Cl. The van der Waals surface area contributed by atoms with Gasteiger partial charge in [0, 0.05) is 0 Å². The van der Waals surface area contributed by atoms with Gasteiger partial charge in [0.05, 0.1) is 10.0 Å². The minimum absolute atomic E-state index is 0.138. The van der Waals surface area contributed by atoms with E-state index < -0.39 is 7.32 Å². The number of hydrogen-bond acceptors (Lipinski definition) is 3. The van der Waals surface area contributed by atoms with E-state index in [9.17, 15) is 0 Å². The van der Waals surface area contributed by atoms with Gasteiger partial charge >= 0.3 is 7.32 Å². The molecule has 0 unspecified atom stereocenters. The van der Waals surface area contributed by atoms with Gasteiger partial charge in [0.15, 0.2) is 0 Å². The Kier molecular flexibility index (Phi) is 3.23. The lowest BCUT2D eigenvalue weighted by atomic mass is 10.2. The van der Waals surface area contributed by atoms with Crippen LogP contribution >= 0.6 is 23.2 Å². The standard InChI is InChI=1S/C6H5BCl2O3/c8-4-2-1-3-5(6(4)9)12-7(10)11/h1-3,10-11H. The quantitative estimate of drug-likeness (QED) is 0.719. The summed E-state index contributed by atoms with van der Waals surface area (Å²) >= 11 is 11.3. The van der Waals surface area contributed by atoms with Gasteiger partial charge in [-0.15, -0.1) is 0 Å². The van der Waals surface area contributed by atoms with Crippen LogP contribution in [0.25, 0.3) is 0 Å². The van der Waals surface area contributed by atoms with Crippen molar-refractivity contribution in [2.75, 3.05) is 0 Å². The van der Waals surface area contributed by atoms with E-state index in [1.54, 1.807) is 12.1 Å². The first-order valence-electron chi connectivity index (χ1n) is 3.08. The van der Waals surface area contributed by atoms with Gasteiger partial charge < -0.3 is 14.7 Å². The van der Waals surface area contributed by atoms with Gasteiger partial charge in [-0.1, -0.05) is 29.3 Å². The first kappa shape index (κ1) is 9.67. The third-order valence-electron chi connectivity index (χ3n) is 1.15. The predicted molar refractivity (Wildman–Crippen MR) is 47.3 cm³/mol. The van der Waals surface area contributed by atoms with Crippen LogP contribution in [-0.2, 0) is 0 Å². The molecule has 0 aliphatic heterocycles. The van der Waals surface area contributed by atoms with E-state index >= 15 is 0 Å². The topological polar surface area (TPSA) is 49.7 Å². The summed E-state index contributed by atoms with van der Waals surface area (Å²) < 4.78 is 4.52. The zero-order valence-electron chi connectivity index (χ0n) is 5.87. The summed E-state index contributed by atoms with van der Waals surface area (Å²) in [7, 11) is -1.89. The number of halogens is 2. The average molecular weight is 207 g/mol. The molecule has 1 aromatic rings. The molecule has 0 aliphatic rings. The fourth-order valence-electron chi connectivity index (χ4n) is 0.689. The molecule has 0 saturated carbocycles. The van der Waals surface area contributed by atoms with Gasteiger partial charge in [0.1, 0.15) is 5.75 Å². The molecule has 64 valence electrons. The van der Waals surface area contributed by atoms with Crippen molar-refractivity contribution in [2.45, 2.75) is 0 Å². The summed E-state index contributed by atoms with van der Waals surface area (Å²) in [6.07, 6.45) is 0. The third-order valence-corrected chi connectivity index (χ3v) is 1.95. The normalized spacial score (nSPS) is 9.67.